The number of nitrogens with zero attached hydrogens (tertiary/aromatic N) is 1. The number of carbonyl (C=O) groups is 2. The van der Waals surface area contributed by atoms with Crippen LogP contribution in [0.4, 0.5) is 0 Å². The summed E-state index contributed by atoms with van der Waals surface area (Å²) in [6.07, 6.45) is 3.66. The van der Waals surface area contributed by atoms with Crippen molar-refractivity contribution in [3.05, 3.63) is 21.9 Å². The van der Waals surface area contributed by atoms with E-state index >= 15 is 0 Å². The number of hydrogen-bond donors (Lipinski definition) is 1. The number of hydrogen-bond acceptors (Lipinski definition) is 3. The van der Waals surface area contributed by atoms with Crippen molar-refractivity contribution in [1.82, 2.24) is 4.90 Å². The van der Waals surface area contributed by atoms with Crippen LogP contribution >= 0.6 is 11.3 Å². The molecule has 1 aromatic rings. The van der Waals surface area contributed by atoms with Gasteiger partial charge in [0.15, 0.2) is 0 Å². The lowest BCUT2D eigenvalue weighted by Gasteiger charge is -2.37. The molecule has 1 aliphatic heterocycles. The molecule has 5 heteroatoms. The van der Waals surface area contributed by atoms with Crippen LogP contribution in [0.1, 0.15) is 49.1 Å². The first-order valence-corrected chi connectivity index (χ1v) is 8.55. The van der Waals surface area contributed by atoms with Crippen LogP contribution in [0, 0.1) is 11.8 Å². The molecule has 2 aliphatic rings. The third-order valence-corrected chi connectivity index (χ3v) is 5.98. The normalized spacial score (nSPS) is 29.0. The molecule has 0 spiro atoms. The highest BCUT2D eigenvalue weighted by Crippen LogP contribution is 2.36. The lowest BCUT2D eigenvalue weighted by atomic mass is 9.81. The summed E-state index contributed by atoms with van der Waals surface area (Å²) in [5.74, 6) is -0.724. The maximum Gasteiger partial charge on any atom is 0.306 e. The molecule has 4 nitrogen and oxygen atoms in total. The third kappa shape index (κ3) is 2.71. The van der Waals surface area contributed by atoms with Crippen molar-refractivity contribution in [3.8, 4) is 0 Å². The molecule has 0 saturated heterocycles. The van der Waals surface area contributed by atoms with Crippen molar-refractivity contribution in [1.29, 1.82) is 0 Å². The van der Waals surface area contributed by atoms with Crippen LogP contribution < -0.4 is 0 Å². The summed E-state index contributed by atoms with van der Waals surface area (Å²) in [7, 11) is 0. The van der Waals surface area contributed by atoms with Gasteiger partial charge in [-0.05, 0) is 56.0 Å². The summed E-state index contributed by atoms with van der Waals surface area (Å²) < 4.78 is 0. The number of carbonyl (C=O) groups excluding carboxylic acids is 1. The minimum Gasteiger partial charge on any atom is -0.481 e. The first-order chi connectivity index (χ1) is 10.1. The molecule has 0 radical (unpaired) electrons. The Morgan fingerprint density at radius 3 is 2.57 bits per heavy atom. The summed E-state index contributed by atoms with van der Waals surface area (Å²) in [4.78, 5) is 27.2. The van der Waals surface area contributed by atoms with Gasteiger partial charge in [0.2, 0.25) is 5.91 Å². The fourth-order valence-corrected chi connectivity index (χ4v) is 4.60. The number of rotatable bonds is 2. The Bertz CT molecular complexity index is 545. The molecule has 1 unspecified atom stereocenters. The quantitative estimate of drug-likeness (QED) is 0.913. The maximum absolute atomic E-state index is 12.8. The number of fused-ring (bicyclic) bond motifs is 1. The summed E-state index contributed by atoms with van der Waals surface area (Å²) in [5, 5.41) is 11.1. The molecule has 1 saturated carbocycles. The van der Waals surface area contributed by atoms with E-state index in [-0.39, 0.29) is 23.8 Å². The fourth-order valence-electron chi connectivity index (χ4n) is 3.63. The second-order valence-corrected chi connectivity index (χ2v) is 7.14. The van der Waals surface area contributed by atoms with Gasteiger partial charge >= 0.3 is 5.97 Å². The van der Waals surface area contributed by atoms with Crippen molar-refractivity contribution in [2.24, 2.45) is 11.8 Å². The summed E-state index contributed by atoms with van der Waals surface area (Å²) in [6.45, 7) is 2.90. The van der Waals surface area contributed by atoms with Crippen LogP contribution in [0.2, 0.25) is 0 Å². The van der Waals surface area contributed by atoms with Crippen LogP contribution in [0.25, 0.3) is 0 Å². The minimum atomic E-state index is -0.713. The van der Waals surface area contributed by atoms with Crippen molar-refractivity contribution in [2.45, 2.75) is 45.1 Å². The Balaban J connectivity index is 1.66. The van der Waals surface area contributed by atoms with Crippen LogP contribution in [-0.4, -0.2) is 28.4 Å². The highest BCUT2D eigenvalue weighted by atomic mass is 32.1. The standard InChI is InChI=1S/C16H21NO3S/c1-10-13-7-9-21-14(13)6-8-17(10)15(18)11-2-4-12(5-3-11)16(19)20/h7,9-12H,2-6,8H2,1H3,(H,19,20). The van der Waals surface area contributed by atoms with Gasteiger partial charge in [0.25, 0.3) is 0 Å². The number of carboxylic acids is 1. The number of thiophene rings is 1. The first kappa shape index (κ1) is 14.6. The molecule has 114 valence electrons. The van der Waals surface area contributed by atoms with Crippen molar-refractivity contribution < 1.29 is 14.7 Å². The lowest BCUT2D eigenvalue weighted by Crippen LogP contribution is -2.43. The zero-order valence-electron chi connectivity index (χ0n) is 12.2. The lowest BCUT2D eigenvalue weighted by molar-refractivity contribution is -0.146. The number of amides is 1. The molecule has 21 heavy (non-hydrogen) atoms. The van der Waals surface area contributed by atoms with Gasteiger partial charge in [-0.25, -0.2) is 0 Å². The number of carboxylic acid groups (broad SMARTS) is 1. The first-order valence-electron chi connectivity index (χ1n) is 7.67. The second kappa shape index (κ2) is 5.79. The van der Waals surface area contributed by atoms with E-state index in [1.807, 2.05) is 4.90 Å². The zero-order chi connectivity index (χ0) is 15.0. The molecule has 0 bridgehead atoms. The molecule has 1 aromatic heterocycles. The van der Waals surface area contributed by atoms with Crippen LogP contribution in [-0.2, 0) is 16.0 Å². The topological polar surface area (TPSA) is 57.6 Å². The Morgan fingerprint density at radius 1 is 1.24 bits per heavy atom. The molecular formula is C16H21NO3S. The van der Waals surface area contributed by atoms with E-state index in [0.717, 1.165) is 25.8 Å². The highest BCUT2D eigenvalue weighted by molar-refractivity contribution is 7.10. The third-order valence-electron chi connectivity index (χ3n) is 4.99. The van der Waals surface area contributed by atoms with E-state index in [1.54, 1.807) is 11.3 Å². The highest BCUT2D eigenvalue weighted by Gasteiger charge is 2.35. The molecular weight excluding hydrogens is 286 g/mol. The predicted molar refractivity (Wildman–Crippen MR) is 81.2 cm³/mol. The summed E-state index contributed by atoms with van der Waals surface area (Å²) >= 11 is 1.78. The average molecular weight is 307 g/mol. The van der Waals surface area contributed by atoms with Gasteiger partial charge in [-0.2, -0.15) is 0 Å². The van der Waals surface area contributed by atoms with Crippen LogP contribution in [0.5, 0.6) is 0 Å². The van der Waals surface area contributed by atoms with Gasteiger partial charge in [-0.1, -0.05) is 0 Å². The number of aliphatic carboxylic acids is 1. The molecule has 0 aromatic carbocycles. The molecule has 2 heterocycles. The van der Waals surface area contributed by atoms with Crippen LogP contribution in [0.3, 0.4) is 0 Å². The SMILES string of the molecule is CC1c2ccsc2CCN1C(=O)C1CCC(C(=O)O)CC1. The monoisotopic (exact) mass is 307 g/mol. The van der Waals surface area contributed by atoms with Gasteiger partial charge in [-0.15, -0.1) is 11.3 Å². The predicted octanol–water partition coefficient (Wildman–Crippen LogP) is 3.08. The van der Waals surface area contributed by atoms with E-state index < -0.39 is 5.97 Å². The maximum atomic E-state index is 12.8. The van der Waals surface area contributed by atoms with Crippen molar-refractivity contribution in [3.63, 3.8) is 0 Å². The minimum absolute atomic E-state index is 0.0169. The van der Waals surface area contributed by atoms with E-state index in [2.05, 4.69) is 18.4 Å². The zero-order valence-corrected chi connectivity index (χ0v) is 13.1. The molecule has 3 rings (SSSR count). The van der Waals surface area contributed by atoms with Gasteiger partial charge in [0.05, 0.1) is 12.0 Å². The molecule has 1 N–H and O–H groups in total. The second-order valence-electron chi connectivity index (χ2n) is 6.14. The summed E-state index contributed by atoms with van der Waals surface area (Å²) in [5.41, 5.74) is 1.29. The smallest absolute Gasteiger partial charge is 0.306 e. The Hall–Kier alpha value is -1.36. The average Bonchev–Trinajstić information content (AvgIpc) is 2.96. The van der Waals surface area contributed by atoms with Gasteiger partial charge in [0, 0.05) is 17.3 Å². The van der Waals surface area contributed by atoms with Crippen molar-refractivity contribution in [2.75, 3.05) is 6.54 Å². The van der Waals surface area contributed by atoms with E-state index in [4.69, 9.17) is 5.11 Å². The Labute approximate surface area is 128 Å². The van der Waals surface area contributed by atoms with E-state index in [0.29, 0.717) is 12.8 Å². The molecule has 1 fully saturated rings. The van der Waals surface area contributed by atoms with E-state index in [1.165, 1.54) is 10.4 Å². The Kier molecular flexibility index (Phi) is 4.02. The van der Waals surface area contributed by atoms with Crippen molar-refractivity contribution >= 4 is 23.2 Å². The molecule has 1 aliphatic carbocycles. The van der Waals surface area contributed by atoms with Crippen LogP contribution in [0.15, 0.2) is 11.4 Å². The largest absolute Gasteiger partial charge is 0.481 e. The Morgan fingerprint density at radius 2 is 1.90 bits per heavy atom. The van der Waals surface area contributed by atoms with Gasteiger partial charge in [-0.3, -0.25) is 9.59 Å². The van der Waals surface area contributed by atoms with Gasteiger partial charge in [0.1, 0.15) is 0 Å². The molecule has 1 amide bonds. The van der Waals surface area contributed by atoms with Gasteiger partial charge < -0.3 is 10.0 Å². The summed E-state index contributed by atoms with van der Waals surface area (Å²) in [6, 6.07) is 2.29. The molecule has 1 atom stereocenters. The fraction of sp³-hybridized carbons (Fsp3) is 0.625. The van der Waals surface area contributed by atoms with E-state index in [9.17, 15) is 9.59 Å².